The summed E-state index contributed by atoms with van der Waals surface area (Å²) in [7, 11) is 0. The first-order chi connectivity index (χ1) is 8.98. The predicted molar refractivity (Wildman–Crippen MR) is 78.4 cm³/mol. The number of aromatic nitrogens is 2. The van der Waals surface area contributed by atoms with Gasteiger partial charge in [-0.05, 0) is 55.1 Å². The molecular formula is C15H19FN2S. The zero-order valence-corrected chi connectivity index (χ0v) is 12.2. The van der Waals surface area contributed by atoms with E-state index in [1.165, 1.54) is 25.7 Å². The van der Waals surface area contributed by atoms with Crippen molar-refractivity contribution in [1.29, 1.82) is 0 Å². The van der Waals surface area contributed by atoms with Gasteiger partial charge in [0.2, 0.25) is 0 Å². The van der Waals surface area contributed by atoms with Crippen molar-refractivity contribution in [2.45, 2.75) is 46.1 Å². The summed E-state index contributed by atoms with van der Waals surface area (Å²) in [6.45, 7) is 5.06. The van der Waals surface area contributed by atoms with Crippen molar-refractivity contribution in [2.24, 2.45) is 5.41 Å². The number of aromatic amines is 1. The van der Waals surface area contributed by atoms with Crippen LogP contribution in [0, 0.1) is 22.9 Å². The Morgan fingerprint density at radius 3 is 2.74 bits per heavy atom. The topological polar surface area (TPSA) is 20.7 Å². The third-order valence-electron chi connectivity index (χ3n) is 4.40. The number of benzene rings is 1. The third kappa shape index (κ3) is 2.22. The van der Waals surface area contributed by atoms with E-state index in [1.807, 2.05) is 6.07 Å². The molecule has 1 fully saturated rings. The van der Waals surface area contributed by atoms with Crippen LogP contribution in [0.3, 0.4) is 0 Å². The molecule has 1 aliphatic rings. The largest absolute Gasteiger partial charge is 0.330 e. The summed E-state index contributed by atoms with van der Waals surface area (Å²) >= 11 is 5.41. The van der Waals surface area contributed by atoms with E-state index >= 15 is 0 Å². The molecule has 0 saturated heterocycles. The van der Waals surface area contributed by atoms with Gasteiger partial charge in [0.1, 0.15) is 5.82 Å². The number of hydrogen-bond acceptors (Lipinski definition) is 1. The van der Waals surface area contributed by atoms with E-state index < -0.39 is 0 Å². The zero-order valence-electron chi connectivity index (χ0n) is 11.4. The first-order valence-corrected chi connectivity index (χ1v) is 7.28. The lowest BCUT2D eigenvalue weighted by atomic mass is 9.89. The monoisotopic (exact) mass is 278 g/mol. The summed E-state index contributed by atoms with van der Waals surface area (Å²) in [5.74, 6) is -0.178. The Balaban J connectivity index is 2.10. The molecule has 1 N–H and O–H groups in total. The molecule has 0 unspecified atom stereocenters. The van der Waals surface area contributed by atoms with Gasteiger partial charge in [0.25, 0.3) is 0 Å². The van der Waals surface area contributed by atoms with Crippen LogP contribution in [-0.4, -0.2) is 9.55 Å². The quantitative estimate of drug-likeness (QED) is 0.788. The molecule has 1 heterocycles. The second kappa shape index (κ2) is 4.44. The molecule has 19 heavy (non-hydrogen) atoms. The highest BCUT2D eigenvalue weighted by Crippen LogP contribution is 2.39. The fourth-order valence-corrected chi connectivity index (χ4v) is 3.48. The van der Waals surface area contributed by atoms with E-state index in [0.29, 0.717) is 15.7 Å². The van der Waals surface area contributed by atoms with Crippen molar-refractivity contribution >= 4 is 23.3 Å². The Bertz CT molecular complexity index is 677. The third-order valence-corrected chi connectivity index (χ3v) is 4.73. The number of hydrogen-bond donors (Lipinski definition) is 1. The second-order valence-electron chi connectivity index (χ2n) is 6.15. The maximum atomic E-state index is 13.6. The maximum Gasteiger partial charge on any atom is 0.178 e. The standard InChI is InChI=1S/C15H19FN2S/c1-10-7-13-12(8-11(10)16)17-14(19)18(13)9-15(2)5-3-4-6-15/h7-8H,3-6,9H2,1-2H3,(H,17,19). The van der Waals surface area contributed by atoms with Gasteiger partial charge in [-0.25, -0.2) is 4.39 Å². The first kappa shape index (κ1) is 12.9. The maximum absolute atomic E-state index is 13.6. The predicted octanol–water partition coefficient (Wildman–Crippen LogP) is 4.73. The van der Waals surface area contributed by atoms with E-state index in [-0.39, 0.29) is 5.82 Å². The first-order valence-electron chi connectivity index (χ1n) is 6.87. The molecule has 2 aromatic rings. The van der Waals surface area contributed by atoms with Crippen LogP contribution in [0.4, 0.5) is 4.39 Å². The van der Waals surface area contributed by atoms with Gasteiger partial charge in [-0.3, -0.25) is 0 Å². The van der Waals surface area contributed by atoms with Crippen LogP contribution in [0.5, 0.6) is 0 Å². The van der Waals surface area contributed by atoms with Crippen LogP contribution in [0.15, 0.2) is 12.1 Å². The molecule has 0 atom stereocenters. The zero-order chi connectivity index (χ0) is 13.6. The van der Waals surface area contributed by atoms with Crippen LogP contribution in [0.1, 0.15) is 38.2 Å². The number of nitrogens with zero attached hydrogens (tertiary/aromatic N) is 1. The molecule has 1 aliphatic carbocycles. The minimum Gasteiger partial charge on any atom is -0.330 e. The normalized spacial score (nSPS) is 18.3. The number of imidazole rings is 1. The molecule has 1 aromatic heterocycles. The molecule has 0 bridgehead atoms. The van der Waals surface area contributed by atoms with Gasteiger partial charge in [-0.1, -0.05) is 19.8 Å². The van der Waals surface area contributed by atoms with E-state index in [1.54, 1.807) is 13.0 Å². The molecule has 102 valence electrons. The molecule has 4 heteroatoms. The molecular weight excluding hydrogens is 259 g/mol. The number of aryl methyl sites for hydroxylation is 1. The van der Waals surface area contributed by atoms with Crippen LogP contribution in [-0.2, 0) is 6.54 Å². The minimum absolute atomic E-state index is 0.178. The number of H-pyrrole nitrogens is 1. The Kier molecular flexibility index (Phi) is 3.01. The van der Waals surface area contributed by atoms with Gasteiger partial charge >= 0.3 is 0 Å². The van der Waals surface area contributed by atoms with E-state index in [0.717, 1.165) is 17.6 Å². The number of nitrogens with one attached hydrogen (secondary N) is 1. The van der Waals surface area contributed by atoms with Gasteiger partial charge in [0, 0.05) is 6.54 Å². The van der Waals surface area contributed by atoms with Gasteiger partial charge < -0.3 is 9.55 Å². The van der Waals surface area contributed by atoms with E-state index in [9.17, 15) is 4.39 Å². The summed E-state index contributed by atoms with van der Waals surface area (Å²) in [5, 5.41) is 0. The van der Waals surface area contributed by atoms with E-state index in [2.05, 4.69) is 16.5 Å². The highest BCUT2D eigenvalue weighted by Gasteiger charge is 2.29. The second-order valence-corrected chi connectivity index (χ2v) is 6.54. The molecule has 0 spiro atoms. The van der Waals surface area contributed by atoms with Crippen LogP contribution in [0.2, 0.25) is 0 Å². The van der Waals surface area contributed by atoms with Crippen molar-refractivity contribution in [3.63, 3.8) is 0 Å². The smallest absolute Gasteiger partial charge is 0.178 e. The molecule has 1 saturated carbocycles. The molecule has 1 aromatic carbocycles. The number of rotatable bonds is 2. The summed E-state index contributed by atoms with van der Waals surface area (Å²) in [6, 6.07) is 3.45. The highest BCUT2D eigenvalue weighted by molar-refractivity contribution is 7.71. The van der Waals surface area contributed by atoms with E-state index in [4.69, 9.17) is 12.2 Å². The Morgan fingerprint density at radius 1 is 1.37 bits per heavy atom. The number of fused-ring (bicyclic) bond motifs is 1. The summed E-state index contributed by atoms with van der Waals surface area (Å²) in [4.78, 5) is 3.12. The highest BCUT2D eigenvalue weighted by atomic mass is 32.1. The average molecular weight is 278 g/mol. The number of halogens is 1. The molecule has 0 aliphatic heterocycles. The molecule has 0 amide bonds. The van der Waals surface area contributed by atoms with Gasteiger partial charge in [0.05, 0.1) is 11.0 Å². The molecule has 3 rings (SSSR count). The van der Waals surface area contributed by atoms with Crippen molar-refractivity contribution in [1.82, 2.24) is 9.55 Å². The lowest BCUT2D eigenvalue weighted by Gasteiger charge is -2.24. The van der Waals surface area contributed by atoms with Crippen LogP contribution in [0.25, 0.3) is 11.0 Å². The lowest BCUT2D eigenvalue weighted by Crippen LogP contribution is -2.19. The molecule has 0 radical (unpaired) electrons. The summed E-state index contributed by atoms with van der Waals surface area (Å²) in [5.41, 5.74) is 2.83. The lowest BCUT2D eigenvalue weighted by molar-refractivity contribution is 0.284. The van der Waals surface area contributed by atoms with Gasteiger partial charge in [-0.2, -0.15) is 0 Å². The van der Waals surface area contributed by atoms with Gasteiger partial charge in [0.15, 0.2) is 4.77 Å². The van der Waals surface area contributed by atoms with Crippen molar-refractivity contribution in [3.8, 4) is 0 Å². The fourth-order valence-electron chi connectivity index (χ4n) is 3.21. The SMILES string of the molecule is Cc1cc2c(cc1F)[nH]c(=S)n2CC1(C)CCCC1. The van der Waals surface area contributed by atoms with Crippen molar-refractivity contribution in [2.75, 3.05) is 0 Å². The van der Waals surface area contributed by atoms with Crippen LogP contribution < -0.4 is 0 Å². The van der Waals surface area contributed by atoms with Crippen molar-refractivity contribution < 1.29 is 4.39 Å². The van der Waals surface area contributed by atoms with Crippen LogP contribution >= 0.6 is 12.2 Å². The Morgan fingerprint density at radius 2 is 2.05 bits per heavy atom. The Labute approximate surface area is 117 Å². The van der Waals surface area contributed by atoms with Crippen molar-refractivity contribution in [3.05, 3.63) is 28.3 Å². The van der Waals surface area contributed by atoms with Gasteiger partial charge in [-0.15, -0.1) is 0 Å². The minimum atomic E-state index is -0.178. The summed E-state index contributed by atoms with van der Waals surface area (Å²) < 4.78 is 16.4. The molecule has 2 nitrogen and oxygen atoms in total. The summed E-state index contributed by atoms with van der Waals surface area (Å²) in [6.07, 6.45) is 5.11. The Hall–Kier alpha value is -1.16. The average Bonchev–Trinajstić information content (AvgIpc) is 2.88. The fraction of sp³-hybridized carbons (Fsp3) is 0.533.